The normalized spacial score (nSPS) is 10.2. The molecular weight excluding hydrogens is 250 g/mol. The lowest BCUT2D eigenvalue weighted by atomic mass is 10.2. The van der Waals surface area contributed by atoms with Crippen molar-refractivity contribution in [3.05, 3.63) is 60.6 Å². The molecule has 0 fully saturated rings. The smallest absolute Gasteiger partial charge is 0.144 e. The average molecular weight is 261 g/mol. The molecule has 0 aliphatic heterocycles. The summed E-state index contributed by atoms with van der Waals surface area (Å²) in [7, 11) is 0. The molecule has 0 spiro atoms. The lowest BCUT2D eigenvalue weighted by Gasteiger charge is -2.03. The van der Waals surface area contributed by atoms with E-state index in [1.165, 1.54) is 0 Å². The van der Waals surface area contributed by atoms with Crippen molar-refractivity contribution in [1.82, 2.24) is 14.8 Å². The minimum atomic E-state index is 0.466. The van der Waals surface area contributed by atoms with Gasteiger partial charge in [0.05, 0.1) is 11.4 Å². The van der Waals surface area contributed by atoms with Crippen LogP contribution in [0.3, 0.4) is 0 Å². The van der Waals surface area contributed by atoms with Crippen LogP contribution in [0.4, 0.5) is 5.69 Å². The Balaban J connectivity index is 2.11. The Bertz CT molecular complexity index is 766. The zero-order chi connectivity index (χ0) is 13.9. The van der Waals surface area contributed by atoms with Crippen molar-refractivity contribution in [2.24, 2.45) is 0 Å². The molecule has 3 aromatic rings. The van der Waals surface area contributed by atoms with Gasteiger partial charge in [0.2, 0.25) is 0 Å². The molecule has 0 atom stereocenters. The van der Waals surface area contributed by atoms with Crippen molar-refractivity contribution in [2.45, 2.75) is 0 Å². The molecule has 5 heteroatoms. The predicted octanol–water partition coefficient (Wildman–Crippen LogP) is 2.39. The van der Waals surface area contributed by atoms with E-state index in [1.54, 1.807) is 35.3 Å². The maximum absolute atomic E-state index is 9.24. The summed E-state index contributed by atoms with van der Waals surface area (Å²) >= 11 is 0. The number of nitriles is 1. The van der Waals surface area contributed by atoms with Gasteiger partial charge in [0, 0.05) is 29.7 Å². The Morgan fingerprint density at radius 2 is 1.95 bits per heavy atom. The van der Waals surface area contributed by atoms with E-state index in [9.17, 15) is 5.26 Å². The van der Waals surface area contributed by atoms with Crippen LogP contribution in [0.15, 0.2) is 54.9 Å². The molecule has 0 amide bonds. The molecule has 2 N–H and O–H groups in total. The van der Waals surface area contributed by atoms with Crippen LogP contribution in [0.1, 0.15) is 5.69 Å². The van der Waals surface area contributed by atoms with Gasteiger partial charge in [-0.1, -0.05) is 0 Å². The zero-order valence-corrected chi connectivity index (χ0v) is 10.6. The van der Waals surface area contributed by atoms with Crippen molar-refractivity contribution in [1.29, 1.82) is 5.26 Å². The maximum Gasteiger partial charge on any atom is 0.144 e. The van der Waals surface area contributed by atoms with E-state index >= 15 is 0 Å². The van der Waals surface area contributed by atoms with E-state index in [0.29, 0.717) is 17.1 Å². The second-order valence-electron chi connectivity index (χ2n) is 4.27. The van der Waals surface area contributed by atoms with Gasteiger partial charge in [-0.05, 0) is 36.4 Å². The molecule has 2 heterocycles. The minimum absolute atomic E-state index is 0.466. The topological polar surface area (TPSA) is 80.5 Å². The number of rotatable bonds is 2. The Morgan fingerprint density at radius 3 is 2.60 bits per heavy atom. The molecule has 0 aliphatic carbocycles. The summed E-state index contributed by atoms with van der Waals surface area (Å²) < 4.78 is 1.60. The molecule has 3 rings (SSSR count). The molecule has 5 nitrogen and oxygen atoms in total. The van der Waals surface area contributed by atoms with Gasteiger partial charge in [-0.3, -0.25) is 4.98 Å². The highest BCUT2D eigenvalue weighted by Gasteiger charge is 2.10. The largest absolute Gasteiger partial charge is 0.399 e. The van der Waals surface area contributed by atoms with Crippen LogP contribution in [0.2, 0.25) is 0 Å². The van der Waals surface area contributed by atoms with E-state index in [2.05, 4.69) is 16.2 Å². The van der Waals surface area contributed by atoms with Crippen LogP contribution in [0.5, 0.6) is 0 Å². The summed E-state index contributed by atoms with van der Waals surface area (Å²) in [5.74, 6) is 0. The van der Waals surface area contributed by atoms with Crippen LogP contribution >= 0.6 is 0 Å². The molecule has 0 radical (unpaired) electrons. The summed E-state index contributed by atoms with van der Waals surface area (Å²) in [6.07, 6.45) is 3.42. The van der Waals surface area contributed by atoms with Crippen LogP contribution < -0.4 is 5.73 Å². The number of anilines is 1. The van der Waals surface area contributed by atoms with Gasteiger partial charge in [-0.15, -0.1) is 0 Å². The summed E-state index contributed by atoms with van der Waals surface area (Å²) in [5.41, 5.74) is 9.19. The standard InChI is InChI=1S/C15H11N5/c16-9-14-8-15(11-2-1-7-18-10-11)19-20(14)13-5-3-12(17)4-6-13/h1-8,10H,17H2. The van der Waals surface area contributed by atoms with Gasteiger partial charge in [-0.25, -0.2) is 4.68 Å². The maximum atomic E-state index is 9.24. The van der Waals surface area contributed by atoms with E-state index in [-0.39, 0.29) is 0 Å². The fourth-order valence-corrected chi connectivity index (χ4v) is 1.93. The highest BCUT2D eigenvalue weighted by atomic mass is 15.3. The molecule has 0 unspecified atom stereocenters. The number of aromatic nitrogens is 3. The zero-order valence-electron chi connectivity index (χ0n) is 10.6. The molecule has 0 bridgehead atoms. The number of nitrogen functional groups attached to an aromatic ring is 1. The van der Waals surface area contributed by atoms with E-state index in [0.717, 1.165) is 11.3 Å². The fraction of sp³-hybridized carbons (Fsp3) is 0. The first-order chi connectivity index (χ1) is 9.78. The van der Waals surface area contributed by atoms with E-state index in [1.807, 2.05) is 24.3 Å². The van der Waals surface area contributed by atoms with Gasteiger partial charge in [0.1, 0.15) is 11.8 Å². The fourth-order valence-electron chi connectivity index (χ4n) is 1.93. The molecule has 0 saturated heterocycles. The first-order valence-electron chi connectivity index (χ1n) is 6.04. The first-order valence-corrected chi connectivity index (χ1v) is 6.04. The Kier molecular flexibility index (Phi) is 2.90. The van der Waals surface area contributed by atoms with Crippen molar-refractivity contribution < 1.29 is 0 Å². The third kappa shape index (κ3) is 2.10. The Labute approximate surface area is 115 Å². The van der Waals surface area contributed by atoms with Gasteiger partial charge in [-0.2, -0.15) is 10.4 Å². The van der Waals surface area contributed by atoms with Crippen LogP contribution in [-0.2, 0) is 0 Å². The number of hydrogen-bond acceptors (Lipinski definition) is 4. The second kappa shape index (κ2) is 4.86. The van der Waals surface area contributed by atoms with Crippen LogP contribution in [-0.4, -0.2) is 14.8 Å². The summed E-state index contributed by atoms with van der Waals surface area (Å²) in [6, 6.07) is 14.9. The van der Waals surface area contributed by atoms with Crippen molar-refractivity contribution in [3.63, 3.8) is 0 Å². The van der Waals surface area contributed by atoms with Crippen LogP contribution in [0.25, 0.3) is 16.9 Å². The number of pyridine rings is 1. The lowest BCUT2D eigenvalue weighted by molar-refractivity contribution is 0.870. The van der Waals surface area contributed by atoms with Gasteiger partial charge >= 0.3 is 0 Å². The third-order valence-electron chi connectivity index (χ3n) is 2.92. The highest BCUT2D eigenvalue weighted by Crippen LogP contribution is 2.20. The van der Waals surface area contributed by atoms with Crippen molar-refractivity contribution in [2.75, 3.05) is 5.73 Å². The predicted molar refractivity (Wildman–Crippen MR) is 75.9 cm³/mol. The van der Waals surface area contributed by atoms with Gasteiger partial charge in [0.25, 0.3) is 0 Å². The molecule has 96 valence electrons. The summed E-state index contributed by atoms with van der Waals surface area (Å²) in [5, 5.41) is 13.7. The average Bonchev–Trinajstić information content (AvgIpc) is 2.93. The van der Waals surface area contributed by atoms with Gasteiger partial charge < -0.3 is 5.73 Å². The molecule has 0 aliphatic rings. The van der Waals surface area contributed by atoms with Gasteiger partial charge in [0.15, 0.2) is 0 Å². The number of hydrogen-bond donors (Lipinski definition) is 1. The lowest BCUT2D eigenvalue weighted by Crippen LogP contribution is -1.99. The Hall–Kier alpha value is -3.13. The molecule has 1 aromatic carbocycles. The molecular formula is C15H11N5. The second-order valence-corrected chi connectivity index (χ2v) is 4.27. The molecule has 0 saturated carbocycles. The van der Waals surface area contributed by atoms with Crippen LogP contribution in [0, 0.1) is 11.3 Å². The quantitative estimate of drug-likeness (QED) is 0.718. The minimum Gasteiger partial charge on any atom is -0.399 e. The van der Waals surface area contributed by atoms with E-state index in [4.69, 9.17) is 5.73 Å². The SMILES string of the molecule is N#Cc1cc(-c2cccnc2)nn1-c1ccc(N)cc1. The Morgan fingerprint density at radius 1 is 1.15 bits per heavy atom. The third-order valence-corrected chi connectivity index (χ3v) is 2.92. The molecule has 2 aromatic heterocycles. The first kappa shape index (κ1) is 11.9. The van der Waals surface area contributed by atoms with Crippen molar-refractivity contribution in [3.8, 4) is 23.0 Å². The highest BCUT2D eigenvalue weighted by molar-refractivity contribution is 5.60. The van der Waals surface area contributed by atoms with E-state index < -0.39 is 0 Å². The summed E-state index contributed by atoms with van der Waals surface area (Å²) in [6.45, 7) is 0. The van der Waals surface area contributed by atoms with Crippen molar-refractivity contribution >= 4 is 5.69 Å². The number of nitrogens with two attached hydrogens (primary N) is 1. The summed E-state index contributed by atoms with van der Waals surface area (Å²) in [4.78, 5) is 4.06. The number of nitrogens with zero attached hydrogens (tertiary/aromatic N) is 4. The monoisotopic (exact) mass is 261 g/mol. The molecule has 20 heavy (non-hydrogen) atoms. The number of benzene rings is 1.